The molecule has 0 bridgehead atoms. The number of benzene rings is 1. The molecule has 0 unspecified atom stereocenters. The van der Waals surface area contributed by atoms with E-state index < -0.39 is 0 Å². The van der Waals surface area contributed by atoms with Crippen LogP contribution in [0.3, 0.4) is 0 Å². The quantitative estimate of drug-likeness (QED) is 0.323. The topological polar surface area (TPSA) is 108 Å². The molecule has 8 nitrogen and oxygen atoms in total. The van der Waals surface area contributed by atoms with E-state index in [4.69, 9.17) is 9.40 Å². The van der Waals surface area contributed by atoms with Crippen LogP contribution in [-0.4, -0.2) is 36.2 Å². The lowest BCUT2D eigenvalue weighted by atomic mass is 10.0. The van der Waals surface area contributed by atoms with Crippen molar-refractivity contribution >= 4 is 27.6 Å². The van der Waals surface area contributed by atoms with Gasteiger partial charge in [-0.15, -0.1) is 0 Å². The number of H-pyrrole nitrogens is 2. The second-order valence-electron chi connectivity index (χ2n) is 8.27. The summed E-state index contributed by atoms with van der Waals surface area (Å²) in [6.07, 6.45) is 10.6. The molecule has 6 rings (SSSR count). The molecule has 0 spiro atoms. The highest BCUT2D eigenvalue weighted by molar-refractivity contribution is 5.98. The van der Waals surface area contributed by atoms with E-state index in [0.717, 1.165) is 55.6 Å². The van der Waals surface area contributed by atoms with Crippen molar-refractivity contribution in [2.24, 2.45) is 0 Å². The molecule has 0 fully saturated rings. The van der Waals surface area contributed by atoms with Gasteiger partial charge in [-0.05, 0) is 43.7 Å². The number of aromatic nitrogens is 6. The fourth-order valence-corrected chi connectivity index (χ4v) is 4.06. The third-order valence-corrected chi connectivity index (χ3v) is 5.54. The average Bonchev–Trinajstić information content (AvgIpc) is 3.57. The monoisotopic (exact) mass is 435 g/mol. The van der Waals surface area contributed by atoms with E-state index in [1.807, 2.05) is 24.5 Å². The summed E-state index contributed by atoms with van der Waals surface area (Å²) in [7, 11) is 0. The minimum absolute atomic E-state index is 0.333. The van der Waals surface area contributed by atoms with E-state index >= 15 is 0 Å². The Labute approximate surface area is 189 Å². The fraction of sp³-hybridized carbons (Fsp3) is 0.120. The van der Waals surface area contributed by atoms with Crippen molar-refractivity contribution in [1.29, 1.82) is 0 Å². The maximum Gasteiger partial charge on any atom is 0.159 e. The van der Waals surface area contributed by atoms with Crippen molar-refractivity contribution < 1.29 is 4.42 Å². The van der Waals surface area contributed by atoms with Gasteiger partial charge in [-0.3, -0.25) is 15.1 Å². The molecule has 0 aliphatic rings. The Morgan fingerprint density at radius 3 is 2.67 bits per heavy atom. The number of anilines is 1. The molecule has 5 aromatic heterocycles. The van der Waals surface area contributed by atoms with Gasteiger partial charge >= 0.3 is 0 Å². The van der Waals surface area contributed by atoms with Gasteiger partial charge in [0.25, 0.3) is 0 Å². The maximum atomic E-state index is 5.25. The van der Waals surface area contributed by atoms with Crippen LogP contribution in [-0.2, 0) is 0 Å². The van der Waals surface area contributed by atoms with Gasteiger partial charge in [-0.25, -0.2) is 4.98 Å². The summed E-state index contributed by atoms with van der Waals surface area (Å²) in [6.45, 7) is 4.22. The summed E-state index contributed by atoms with van der Waals surface area (Å²) < 4.78 is 5.25. The van der Waals surface area contributed by atoms with Gasteiger partial charge in [0.2, 0.25) is 0 Å². The number of fused-ring (bicyclic) bond motifs is 2. The van der Waals surface area contributed by atoms with Crippen LogP contribution in [0.5, 0.6) is 0 Å². The van der Waals surface area contributed by atoms with Crippen LogP contribution in [0.2, 0.25) is 0 Å². The molecule has 0 radical (unpaired) electrons. The Hall–Kier alpha value is -4.46. The molecule has 0 atom stereocenters. The lowest BCUT2D eigenvalue weighted by Crippen LogP contribution is -2.09. The summed E-state index contributed by atoms with van der Waals surface area (Å²) in [6, 6.07) is 10.6. The Balaban J connectivity index is 1.45. The molecule has 0 saturated carbocycles. The van der Waals surface area contributed by atoms with Gasteiger partial charge in [0.15, 0.2) is 5.82 Å². The van der Waals surface area contributed by atoms with Crippen molar-refractivity contribution in [2.75, 3.05) is 5.32 Å². The molecule has 0 aliphatic carbocycles. The molecular weight excluding hydrogens is 414 g/mol. The molecule has 6 aromatic rings. The number of hydrogen-bond donors (Lipinski definition) is 3. The molecule has 3 N–H and O–H groups in total. The minimum atomic E-state index is 0.333. The number of imidazole rings is 1. The lowest BCUT2D eigenvalue weighted by molar-refractivity contribution is 0.568. The number of nitrogens with one attached hydrogen (secondary N) is 3. The summed E-state index contributed by atoms with van der Waals surface area (Å²) >= 11 is 0. The van der Waals surface area contributed by atoms with Gasteiger partial charge in [-0.1, -0.05) is 6.07 Å². The number of rotatable bonds is 5. The van der Waals surface area contributed by atoms with Crippen LogP contribution in [0.4, 0.5) is 5.69 Å². The van der Waals surface area contributed by atoms with Crippen LogP contribution in [0.1, 0.15) is 13.8 Å². The molecule has 0 amide bonds. The molecule has 0 aliphatic heterocycles. The average molecular weight is 435 g/mol. The van der Waals surface area contributed by atoms with E-state index in [2.05, 4.69) is 62.5 Å². The molecule has 5 heterocycles. The minimum Gasteiger partial charge on any atom is -0.472 e. The zero-order chi connectivity index (χ0) is 22.4. The highest BCUT2D eigenvalue weighted by Crippen LogP contribution is 2.33. The van der Waals surface area contributed by atoms with Crippen molar-refractivity contribution in [3.05, 3.63) is 67.6 Å². The SMILES string of the molecule is CC(C)Nc1cncc(-c2ccc3[nH]nc(-c4nc5c(-c6ccoc6)cncc5[nH]4)c3c2)c1. The molecule has 162 valence electrons. The lowest BCUT2D eigenvalue weighted by Gasteiger charge is -2.11. The molecular formula is C25H21N7O. The van der Waals surface area contributed by atoms with Crippen molar-refractivity contribution in [1.82, 2.24) is 30.1 Å². The van der Waals surface area contributed by atoms with Gasteiger partial charge in [0.1, 0.15) is 11.2 Å². The summed E-state index contributed by atoms with van der Waals surface area (Å²) in [5.74, 6) is 0.680. The van der Waals surface area contributed by atoms with Gasteiger partial charge in [-0.2, -0.15) is 5.10 Å². The summed E-state index contributed by atoms with van der Waals surface area (Å²) in [5.41, 5.74) is 8.28. The van der Waals surface area contributed by atoms with Crippen LogP contribution < -0.4 is 5.32 Å². The number of furan rings is 1. The van der Waals surface area contributed by atoms with Crippen LogP contribution in [0, 0.1) is 0 Å². The highest BCUT2D eigenvalue weighted by Gasteiger charge is 2.16. The smallest absolute Gasteiger partial charge is 0.159 e. The first-order valence-electron chi connectivity index (χ1n) is 10.7. The molecule has 33 heavy (non-hydrogen) atoms. The fourth-order valence-electron chi connectivity index (χ4n) is 4.06. The maximum absolute atomic E-state index is 5.25. The van der Waals surface area contributed by atoms with E-state index in [9.17, 15) is 0 Å². The van der Waals surface area contributed by atoms with Crippen LogP contribution in [0.15, 0.2) is 72.1 Å². The van der Waals surface area contributed by atoms with E-state index in [1.165, 1.54) is 0 Å². The van der Waals surface area contributed by atoms with Crippen LogP contribution in [0.25, 0.3) is 55.7 Å². The zero-order valence-corrected chi connectivity index (χ0v) is 18.1. The second kappa shape index (κ2) is 7.59. The first-order valence-corrected chi connectivity index (χ1v) is 10.7. The Morgan fingerprint density at radius 1 is 0.909 bits per heavy atom. The molecule has 1 aromatic carbocycles. The van der Waals surface area contributed by atoms with Crippen molar-refractivity contribution in [3.63, 3.8) is 0 Å². The number of nitrogens with zero attached hydrogens (tertiary/aromatic N) is 4. The predicted molar refractivity (Wildman–Crippen MR) is 129 cm³/mol. The number of pyridine rings is 2. The predicted octanol–water partition coefficient (Wildman–Crippen LogP) is 5.64. The van der Waals surface area contributed by atoms with Crippen LogP contribution >= 0.6 is 0 Å². The zero-order valence-electron chi connectivity index (χ0n) is 18.1. The van der Waals surface area contributed by atoms with E-state index in [-0.39, 0.29) is 0 Å². The van der Waals surface area contributed by atoms with Gasteiger partial charge in [0.05, 0.1) is 35.4 Å². The van der Waals surface area contributed by atoms with E-state index in [1.54, 1.807) is 24.9 Å². The number of aromatic amines is 2. The van der Waals surface area contributed by atoms with Crippen molar-refractivity contribution in [3.8, 4) is 33.8 Å². The Morgan fingerprint density at radius 2 is 1.82 bits per heavy atom. The third-order valence-electron chi connectivity index (χ3n) is 5.54. The van der Waals surface area contributed by atoms with Gasteiger partial charge in [0, 0.05) is 46.7 Å². The number of hydrogen-bond acceptors (Lipinski definition) is 6. The molecule has 8 heteroatoms. The first-order chi connectivity index (χ1) is 16.2. The normalized spacial score (nSPS) is 11.6. The van der Waals surface area contributed by atoms with E-state index in [0.29, 0.717) is 11.9 Å². The third kappa shape index (κ3) is 3.41. The summed E-state index contributed by atoms with van der Waals surface area (Å²) in [4.78, 5) is 17.0. The summed E-state index contributed by atoms with van der Waals surface area (Å²) in [5, 5.41) is 12.1. The second-order valence-corrected chi connectivity index (χ2v) is 8.27. The highest BCUT2D eigenvalue weighted by atomic mass is 16.3. The molecule has 0 saturated heterocycles. The first kappa shape index (κ1) is 19.2. The Bertz CT molecular complexity index is 1580. The van der Waals surface area contributed by atoms with Gasteiger partial charge < -0.3 is 14.7 Å². The standard InChI is InChI=1S/C25H21N7O/c1-14(2)28-18-7-17(9-26-10-18)15-3-4-21-19(8-15)24(32-31-21)25-29-22-12-27-11-20(23(22)30-25)16-5-6-33-13-16/h3-14,28H,1-2H3,(H,29,30)(H,31,32). The van der Waals surface area contributed by atoms with Crippen molar-refractivity contribution in [2.45, 2.75) is 19.9 Å². The Kier molecular flexibility index (Phi) is 4.43. The largest absolute Gasteiger partial charge is 0.472 e.